The second kappa shape index (κ2) is 6.42. The van der Waals surface area contributed by atoms with Gasteiger partial charge in [-0.05, 0) is 42.0 Å². The third kappa shape index (κ3) is 2.88. The van der Waals surface area contributed by atoms with Crippen LogP contribution < -0.4 is 0 Å². The van der Waals surface area contributed by atoms with Crippen LogP contribution in [0.25, 0.3) is 28.1 Å². The van der Waals surface area contributed by atoms with Gasteiger partial charge in [0.25, 0.3) is 0 Å². The Morgan fingerprint density at radius 3 is 2.33 bits per heavy atom. The molecular weight excluding hydrogens is 362 g/mol. The molecule has 0 radical (unpaired) electrons. The van der Waals surface area contributed by atoms with Gasteiger partial charge in [-0.1, -0.05) is 46.3 Å². The average Bonchev–Trinajstić information content (AvgIpc) is 3.09. The summed E-state index contributed by atoms with van der Waals surface area (Å²) in [5.74, 6) is 0. The highest BCUT2D eigenvalue weighted by Gasteiger charge is 2.14. The minimum atomic E-state index is 0.950. The molecule has 3 nitrogen and oxygen atoms in total. The van der Waals surface area contributed by atoms with Crippen molar-refractivity contribution in [1.29, 1.82) is 0 Å². The summed E-state index contributed by atoms with van der Waals surface area (Å²) in [6.45, 7) is 0. The lowest BCUT2D eigenvalue weighted by Crippen LogP contribution is -1.93. The molecule has 0 aliphatic rings. The lowest BCUT2D eigenvalue weighted by molar-refractivity contribution is 0.884. The standard InChI is InChI=1S/C20H14BrN3/c21-17-6-4-5-16(13-17)20-19(15-9-11-22-12-10-15)14-24(23-20)18-7-2-1-3-8-18/h1-14H. The van der Waals surface area contributed by atoms with Crippen molar-refractivity contribution in [2.24, 2.45) is 0 Å². The first-order valence-corrected chi connectivity index (χ1v) is 8.42. The highest BCUT2D eigenvalue weighted by molar-refractivity contribution is 9.10. The van der Waals surface area contributed by atoms with Crippen molar-refractivity contribution in [1.82, 2.24) is 14.8 Å². The zero-order valence-corrected chi connectivity index (χ0v) is 14.4. The van der Waals surface area contributed by atoms with Crippen molar-refractivity contribution >= 4 is 15.9 Å². The Kier molecular flexibility index (Phi) is 3.97. The monoisotopic (exact) mass is 375 g/mol. The van der Waals surface area contributed by atoms with Crippen molar-refractivity contribution in [2.45, 2.75) is 0 Å². The van der Waals surface area contributed by atoms with Crippen LogP contribution in [0, 0.1) is 0 Å². The summed E-state index contributed by atoms with van der Waals surface area (Å²) >= 11 is 3.55. The molecule has 0 spiro atoms. The summed E-state index contributed by atoms with van der Waals surface area (Å²) in [5, 5.41) is 4.84. The van der Waals surface area contributed by atoms with Crippen molar-refractivity contribution in [3.8, 4) is 28.1 Å². The molecule has 0 amide bonds. The molecule has 0 saturated heterocycles. The van der Waals surface area contributed by atoms with E-state index in [1.165, 1.54) is 0 Å². The van der Waals surface area contributed by atoms with E-state index in [1.54, 1.807) is 12.4 Å². The summed E-state index contributed by atoms with van der Waals surface area (Å²) in [5.41, 5.74) is 5.24. The second-order valence-corrected chi connectivity index (χ2v) is 6.33. The molecule has 0 unspecified atom stereocenters. The summed E-state index contributed by atoms with van der Waals surface area (Å²) in [4.78, 5) is 4.12. The quantitative estimate of drug-likeness (QED) is 0.482. The lowest BCUT2D eigenvalue weighted by Gasteiger charge is -2.03. The maximum Gasteiger partial charge on any atom is 0.101 e. The van der Waals surface area contributed by atoms with Crippen LogP contribution in [-0.2, 0) is 0 Å². The molecule has 0 aliphatic carbocycles. The first-order valence-electron chi connectivity index (χ1n) is 7.63. The molecule has 0 bridgehead atoms. The van der Waals surface area contributed by atoms with Crippen LogP contribution >= 0.6 is 15.9 Å². The van der Waals surface area contributed by atoms with Gasteiger partial charge in [-0.2, -0.15) is 5.10 Å². The molecule has 2 heterocycles. The van der Waals surface area contributed by atoms with Crippen LogP contribution in [0.4, 0.5) is 0 Å². The van der Waals surface area contributed by atoms with Gasteiger partial charge < -0.3 is 0 Å². The maximum atomic E-state index is 4.84. The Morgan fingerprint density at radius 2 is 1.58 bits per heavy atom. The molecular formula is C20H14BrN3. The molecule has 0 aliphatic heterocycles. The van der Waals surface area contributed by atoms with Gasteiger partial charge in [-0.25, -0.2) is 4.68 Å². The average molecular weight is 376 g/mol. The van der Waals surface area contributed by atoms with Gasteiger partial charge in [0.05, 0.1) is 5.69 Å². The molecule has 4 heteroatoms. The minimum Gasteiger partial charge on any atom is -0.265 e. The van der Waals surface area contributed by atoms with E-state index in [2.05, 4.69) is 39.2 Å². The van der Waals surface area contributed by atoms with Crippen molar-refractivity contribution < 1.29 is 0 Å². The number of hydrogen-bond acceptors (Lipinski definition) is 2. The highest BCUT2D eigenvalue weighted by atomic mass is 79.9. The van der Waals surface area contributed by atoms with E-state index in [0.29, 0.717) is 0 Å². The zero-order valence-electron chi connectivity index (χ0n) is 12.8. The third-order valence-corrected chi connectivity index (χ3v) is 4.32. The van der Waals surface area contributed by atoms with Crippen LogP contribution in [0.3, 0.4) is 0 Å². The molecule has 4 rings (SSSR count). The summed E-state index contributed by atoms with van der Waals surface area (Å²) in [6, 6.07) is 22.4. The molecule has 24 heavy (non-hydrogen) atoms. The topological polar surface area (TPSA) is 30.7 Å². The molecule has 4 aromatic rings. The molecule has 0 N–H and O–H groups in total. The number of nitrogens with zero attached hydrogens (tertiary/aromatic N) is 3. The number of benzene rings is 2. The number of hydrogen-bond donors (Lipinski definition) is 0. The van der Waals surface area contributed by atoms with Gasteiger partial charge in [0.15, 0.2) is 0 Å². The largest absolute Gasteiger partial charge is 0.265 e. The summed E-state index contributed by atoms with van der Waals surface area (Å²) in [6.07, 6.45) is 5.68. The van der Waals surface area contributed by atoms with Crippen LogP contribution in [0.5, 0.6) is 0 Å². The predicted molar refractivity (Wildman–Crippen MR) is 99.9 cm³/mol. The molecule has 0 atom stereocenters. The van der Waals surface area contributed by atoms with Gasteiger partial charge in [0, 0.05) is 34.2 Å². The van der Waals surface area contributed by atoms with Gasteiger partial charge in [0.2, 0.25) is 0 Å². The fraction of sp³-hybridized carbons (Fsp3) is 0. The van der Waals surface area contributed by atoms with Crippen molar-refractivity contribution in [3.63, 3.8) is 0 Å². The van der Waals surface area contributed by atoms with Crippen LogP contribution in [0.1, 0.15) is 0 Å². The lowest BCUT2D eigenvalue weighted by atomic mass is 10.0. The van der Waals surface area contributed by atoms with Crippen LogP contribution in [-0.4, -0.2) is 14.8 Å². The Hall–Kier alpha value is -2.72. The van der Waals surface area contributed by atoms with Gasteiger partial charge >= 0.3 is 0 Å². The van der Waals surface area contributed by atoms with Crippen molar-refractivity contribution in [3.05, 3.63) is 89.8 Å². The van der Waals surface area contributed by atoms with Crippen molar-refractivity contribution in [2.75, 3.05) is 0 Å². The molecule has 0 saturated carbocycles. The normalized spacial score (nSPS) is 10.7. The van der Waals surface area contributed by atoms with E-state index in [-0.39, 0.29) is 0 Å². The molecule has 116 valence electrons. The van der Waals surface area contributed by atoms with Gasteiger partial charge in [-0.15, -0.1) is 0 Å². The van der Waals surface area contributed by atoms with E-state index in [4.69, 9.17) is 5.10 Å². The third-order valence-electron chi connectivity index (χ3n) is 3.82. The van der Waals surface area contributed by atoms with Gasteiger partial charge in [-0.3, -0.25) is 4.98 Å². The summed E-state index contributed by atoms with van der Waals surface area (Å²) in [7, 11) is 0. The molecule has 2 aromatic carbocycles. The van der Waals surface area contributed by atoms with Gasteiger partial charge in [0.1, 0.15) is 5.69 Å². The highest BCUT2D eigenvalue weighted by Crippen LogP contribution is 2.32. The number of halogens is 1. The molecule has 2 aromatic heterocycles. The van der Waals surface area contributed by atoms with Crippen LogP contribution in [0.2, 0.25) is 0 Å². The fourth-order valence-corrected chi connectivity index (χ4v) is 3.08. The predicted octanol–water partition coefficient (Wildman–Crippen LogP) is 5.36. The molecule has 0 fully saturated rings. The summed E-state index contributed by atoms with van der Waals surface area (Å²) < 4.78 is 2.96. The Morgan fingerprint density at radius 1 is 0.792 bits per heavy atom. The Labute approximate surface area is 148 Å². The zero-order chi connectivity index (χ0) is 16.4. The van der Waals surface area contributed by atoms with Crippen LogP contribution in [0.15, 0.2) is 89.8 Å². The minimum absolute atomic E-state index is 0.950. The van der Waals surface area contributed by atoms with E-state index in [9.17, 15) is 0 Å². The smallest absolute Gasteiger partial charge is 0.101 e. The number of rotatable bonds is 3. The number of para-hydroxylation sites is 1. The van der Waals surface area contributed by atoms with E-state index < -0.39 is 0 Å². The SMILES string of the molecule is Brc1cccc(-c2nn(-c3ccccc3)cc2-c2ccncc2)c1. The van der Waals surface area contributed by atoms with E-state index in [0.717, 1.165) is 32.5 Å². The first-order chi connectivity index (χ1) is 11.8. The van der Waals surface area contributed by atoms with E-state index in [1.807, 2.05) is 59.3 Å². The fourth-order valence-electron chi connectivity index (χ4n) is 2.68. The number of pyridine rings is 1. The Balaban J connectivity index is 1.92. The number of aromatic nitrogens is 3. The Bertz CT molecular complexity index is 963. The maximum absolute atomic E-state index is 4.84. The second-order valence-electron chi connectivity index (χ2n) is 5.42. The van der Waals surface area contributed by atoms with E-state index >= 15 is 0 Å². The first kappa shape index (κ1) is 14.8.